The van der Waals surface area contributed by atoms with E-state index >= 15 is 0 Å². The number of carboxylic acid groups (broad SMARTS) is 2. The summed E-state index contributed by atoms with van der Waals surface area (Å²) in [5, 5.41) is 50.6. The fourth-order valence-electron chi connectivity index (χ4n) is 3.04. The van der Waals surface area contributed by atoms with Crippen molar-refractivity contribution >= 4 is 11.9 Å². The van der Waals surface area contributed by atoms with Crippen molar-refractivity contribution in [3.63, 3.8) is 0 Å². The molecule has 1 heterocycles. The number of phenols is 2. The van der Waals surface area contributed by atoms with Crippen LogP contribution in [0.3, 0.4) is 0 Å². The van der Waals surface area contributed by atoms with E-state index in [0.29, 0.717) is 12.0 Å². The van der Waals surface area contributed by atoms with E-state index in [9.17, 15) is 35.1 Å². The van der Waals surface area contributed by atoms with Gasteiger partial charge in [-0.1, -0.05) is 12.1 Å². The number of nitrogens with one attached hydrogen (secondary N) is 1. The Morgan fingerprint density at radius 1 is 1.00 bits per heavy atom. The number of aliphatic carboxylic acids is 2. The van der Waals surface area contributed by atoms with Gasteiger partial charge in [-0.2, -0.15) is 0 Å². The van der Waals surface area contributed by atoms with Crippen LogP contribution >= 0.6 is 0 Å². The first-order valence-corrected chi connectivity index (χ1v) is 9.03. The zero-order valence-electron chi connectivity index (χ0n) is 15.9. The minimum Gasteiger partial charge on any atom is -0.504 e. The van der Waals surface area contributed by atoms with Gasteiger partial charge in [0.05, 0.1) is 6.10 Å². The van der Waals surface area contributed by atoms with Crippen LogP contribution < -0.4 is 14.8 Å². The highest BCUT2D eigenvalue weighted by atomic mass is 16.8. The molecule has 6 N–H and O–H groups in total. The highest BCUT2D eigenvalue weighted by Crippen LogP contribution is 2.40. The molecule has 0 radical (unpaired) electrons. The number of aromatic hydroxyl groups is 2. The number of ether oxygens (including phenoxy) is 2. The van der Waals surface area contributed by atoms with E-state index in [1.165, 1.54) is 30.3 Å². The van der Waals surface area contributed by atoms with Crippen molar-refractivity contribution < 1.29 is 44.6 Å². The molecule has 2 aromatic carbocycles. The van der Waals surface area contributed by atoms with E-state index in [1.54, 1.807) is 6.07 Å². The molecule has 1 aliphatic rings. The quantitative estimate of drug-likeness (QED) is 0.268. The van der Waals surface area contributed by atoms with Gasteiger partial charge in [-0.3, -0.25) is 0 Å². The maximum atomic E-state index is 11.3. The second-order valence-electron chi connectivity index (χ2n) is 6.99. The Kier molecular flexibility index (Phi) is 5.72. The number of aliphatic hydroxyl groups excluding tert-OH is 1. The molecule has 3 rings (SSSR count). The summed E-state index contributed by atoms with van der Waals surface area (Å²) in [7, 11) is 0. The Labute approximate surface area is 170 Å². The SMILES string of the molecule is C[C@H](Cc1ccc2c(c1)OC(C(=O)O)(C(=O)O)O2)NC[C@H](O)c1ccc(O)c(O)c1. The van der Waals surface area contributed by atoms with Crippen LogP contribution in [0.5, 0.6) is 23.0 Å². The molecule has 0 aliphatic carbocycles. The molecule has 2 atom stereocenters. The van der Waals surface area contributed by atoms with E-state index in [1.807, 2.05) is 6.92 Å². The van der Waals surface area contributed by atoms with Crippen molar-refractivity contribution in [1.82, 2.24) is 5.32 Å². The van der Waals surface area contributed by atoms with Crippen molar-refractivity contribution in [1.29, 1.82) is 0 Å². The molecule has 0 saturated carbocycles. The third-order valence-electron chi connectivity index (χ3n) is 4.66. The molecule has 10 nitrogen and oxygen atoms in total. The molecule has 0 saturated heterocycles. The molecular weight excluding hydrogens is 398 g/mol. The summed E-state index contributed by atoms with van der Waals surface area (Å²) in [6, 6.07) is 8.57. The lowest BCUT2D eigenvalue weighted by Crippen LogP contribution is -2.54. The lowest BCUT2D eigenvalue weighted by Gasteiger charge is -2.18. The standard InChI is InChI=1S/C20H21NO9/c1-10(21-9-15(24)12-3-4-13(22)14(23)8-12)6-11-2-5-16-17(7-11)30-20(29-16,18(25)26)19(27)28/h2-5,7-8,10,15,21-24H,6,9H2,1H3,(H,25,26)(H,27,28)/t10-,15+/m1/s1. The average molecular weight is 419 g/mol. The number of carboxylic acids is 2. The van der Waals surface area contributed by atoms with Crippen LogP contribution in [-0.2, 0) is 16.0 Å². The molecule has 0 bridgehead atoms. The summed E-state index contributed by atoms with van der Waals surface area (Å²) in [5.41, 5.74) is 1.17. The molecule has 30 heavy (non-hydrogen) atoms. The smallest absolute Gasteiger partial charge is 0.453 e. The number of carbonyl (C=O) groups is 2. The monoisotopic (exact) mass is 419 g/mol. The Balaban J connectivity index is 1.61. The zero-order valence-corrected chi connectivity index (χ0v) is 15.9. The minimum absolute atomic E-state index is 0.0177. The van der Waals surface area contributed by atoms with Crippen LogP contribution in [0.25, 0.3) is 0 Å². The van der Waals surface area contributed by atoms with E-state index in [-0.39, 0.29) is 35.6 Å². The Morgan fingerprint density at radius 3 is 2.30 bits per heavy atom. The highest BCUT2D eigenvalue weighted by Gasteiger charge is 2.57. The number of hydrogen-bond acceptors (Lipinski definition) is 8. The number of benzene rings is 2. The zero-order chi connectivity index (χ0) is 22.1. The van der Waals surface area contributed by atoms with Gasteiger partial charge in [-0.25, -0.2) is 9.59 Å². The van der Waals surface area contributed by atoms with Crippen molar-refractivity contribution in [2.45, 2.75) is 31.3 Å². The van der Waals surface area contributed by atoms with Gasteiger partial charge in [0.25, 0.3) is 0 Å². The molecule has 160 valence electrons. The van der Waals surface area contributed by atoms with Gasteiger partial charge in [0.15, 0.2) is 23.0 Å². The second kappa shape index (κ2) is 8.09. The molecule has 0 spiro atoms. The van der Waals surface area contributed by atoms with Gasteiger partial charge in [-0.05, 0) is 48.7 Å². The molecule has 0 fully saturated rings. The summed E-state index contributed by atoms with van der Waals surface area (Å²) in [5.74, 6) is -6.89. The summed E-state index contributed by atoms with van der Waals surface area (Å²) < 4.78 is 10.1. The highest BCUT2D eigenvalue weighted by molar-refractivity contribution is 6.01. The van der Waals surface area contributed by atoms with E-state index in [4.69, 9.17) is 9.47 Å². The van der Waals surface area contributed by atoms with Gasteiger partial charge in [-0.15, -0.1) is 0 Å². The maximum absolute atomic E-state index is 11.3. The Bertz CT molecular complexity index is 961. The third kappa shape index (κ3) is 4.09. The van der Waals surface area contributed by atoms with Crippen molar-refractivity contribution in [2.75, 3.05) is 6.54 Å². The summed E-state index contributed by atoms with van der Waals surface area (Å²) in [6.07, 6.45) is -0.445. The van der Waals surface area contributed by atoms with Crippen molar-refractivity contribution in [3.05, 3.63) is 47.5 Å². The number of hydrogen-bond donors (Lipinski definition) is 6. The van der Waals surface area contributed by atoms with E-state index in [2.05, 4.69) is 5.32 Å². The fraction of sp³-hybridized carbons (Fsp3) is 0.300. The number of phenolic OH excluding ortho intramolecular Hbond substituents is 2. The molecule has 1 aliphatic heterocycles. The average Bonchev–Trinajstić information content (AvgIpc) is 3.09. The lowest BCUT2D eigenvalue weighted by atomic mass is 10.1. The topological polar surface area (TPSA) is 166 Å². The third-order valence-corrected chi connectivity index (χ3v) is 4.66. The van der Waals surface area contributed by atoms with Gasteiger partial charge in [0.1, 0.15) is 0 Å². The van der Waals surface area contributed by atoms with Crippen LogP contribution in [0, 0.1) is 0 Å². The summed E-state index contributed by atoms with van der Waals surface area (Å²) >= 11 is 0. The molecule has 0 amide bonds. The van der Waals surface area contributed by atoms with Gasteiger partial charge in [0.2, 0.25) is 0 Å². The Hall–Kier alpha value is -3.50. The molecule has 0 aromatic heterocycles. The normalized spacial score (nSPS) is 16.1. The first-order chi connectivity index (χ1) is 14.1. The number of aliphatic hydroxyl groups is 1. The largest absolute Gasteiger partial charge is 0.504 e. The van der Waals surface area contributed by atoms with E-state index < -0.39 is 23.8 Å². The van der Waals surface area contributed by atoms with Crippen molar-refractivity contribution in [2.24, 2.45) is 0 Å². The predicted octanol–water partition coefficient (Wildman–Crippen LogP) is 0.989. The molecule has 0 unspecified atom stereocenters. The number of rotatable bonds is 8. The first-order valence-electron chi connectivity index (χ1n) is 9.03. The van der Waals surface area contributed by atoms with Crippen LogP contribution in [0.2, 0.25) is 0 Å². The van der Waals surface area contributed by atoms with Crippen LogP contribution in [0.15, 0.2) is 36.4 Å². The van der Waals surface area contributed by atoms with Crippen LogP contribution in [0.4, 0.5) is 0 Å². The second-order valence-corrected chi connectivity index (χ2v) is 6.99. The predicted molar refractivity (Wildman–Crippen MR) is 102 cm³/mol. The summed E-state index contributed by atoms with van der Waals surface area (Å²) in [6.45, 7) is 2.04. The van der Waals surface area contributed by atoms with Crippen molar-refractivity contribution in [3.8, 4) is 23.0 Å². The fourth-order valence-corrected chi connectivity index (χ4v) is 3.04. The molecule has 10 heteroatoms. The van der Waals surface area contributed by atoms with Crippen LogP contribution in [-0.4, -0.2) is 55.8 Å². The van der Waals surface area contributed by atoms with Gasteiger partial charge in [0, 0.05) is 12.6 Å². The van der Waals surface area contributed by atoms with E-state index in [0.717, 1.165) is 5.56 Å². The number of fused-ring (bicyclic) bond motifs is 1. The summed E-state index contributed by atoms with van der Waals surface area (Å²) in [4.78, 5) is 22.6. The molecule has 2 aromatic rings. The Morgan fingerprint density at radius 2 is 1.67 bits per heavy atom. The van der Waals surface area contributed by atoms with Gasteiger partial charge >= 0.3 is 17.7 Å². The lowest BCUT2D eigenvalue weighted by molar-refractivity contribution is -0.194. The van der Waals surface area contributed by atoms with Crippen LogP contribution in [0.1, 0.15) is 24.2 Å². The minimum atomic E-state index is -2.80. The first kappa shape index (κ1) is 21.2. The maximum Gasteiger partial charge on any atom is 0.453 e. The molecular formula is C20H21NO9. The van der Waals surface area contributed by atoms with Gasteiger partial charge < -0.3 is 40.3 Å².